The number of fused-ring (bicyclic) bond motifs is 1. The second kappa shape index (κ2) is 10.9. The lowest BCUT2D eigenvalue weighted by Gasteiger charge is -2.13. The minimum absolute atomic E-state index is 0.0163. The molecule has 0 aliphatic heterocycles. The molecule has 1 heterocycles. The minimum Gasteiger partial charge on any atom is -0.370 e. The number of aromatic nitrogens is 2. The number of carbonyl (C=O) groups excluding carboxylic acids is 2. The summed E-state index contributed by atoms with van der Waals surface area (Å²) in [4.78, 5) is 41.0. The van der Waals surface area contributed by atoms with Gasteiger partial charge in [-0.3, -0.25) is 19.0 Å². The molecule has 0 saturated carbocycles. The molecule has 0 unspecified atom stereocenters. The highest BCUT2D eigenvalue weighted by atomic mass is 32.2. The monoisotopic (exact) mass is 456 g/mol. The first-order valence-corrected chi connectivity index (χ1v) is 11.3. The summed E-state index contributed by atoms with van der Waals surface area (Å²) in [7, 11) is 0. The number of carbonyl (C=O) groups is 2. The maximum atomic E-state index is 13.5. The van der Waals surface area contributed by atoms with Crippen LogP contribution in [0.2, 0.25) is 0 Å². The van der Waals surface area contributed by atoms with Crippen molar-refractivity contribution in [3.05, 3.63) is 64.2 Å². The summed E-state index contributed by atoms with van der Waals surface area (Å²) < 4.78 is 15.0. The van der Waals surface area contributed by atoms with E-state index >= 15 is 0 Å². The van der Waals surface area contributed by atoms with Crippen molar-refractivity contribution in [2.45, 2.75) is 44.3 Å². The van der Waals surface area contributed by atoms with Gasteiger partial charge in [0.25, 0.3) is 5.56 Å². The second-order valence-electron chi connectivity index (χ2n) is 7.44. The number of aryl methyl sites for hydroxylation is 1. The average Bonchev–Trinajstić information content (AvgIpc) is 2.76. The maximum Gasteiger partial charge on any atom is 0.262 e. The summed E-state index contributed by atoms with van der Waals surface area (Å²) in [6, 6.07) is 11.3. The lowest BCUT2D eigenvalue weighted by Crippen LogP contribution is -2.24. The molecule has 0 radical (unpaired) electrons. The van der Waals surface area contributed by atoms with E-state index in [9.17, 15) is 18.8 Å². The van der Waals surface area contributed by atoms with Crippen LogP contribution in [0.25, 0.3) is 10.9 Å². The number of amides is 2. The van der Waals surface area contributed by atoms with Crippen LogP contribution in [0, 0.1) is 12.7 Å². The highest BCUT2D eigenvalue weighted by molar-refractivity contribution is 7.99. The van der Waals surface area contributed by atoms with Crippen LogP contribution in [0.5, 0.6) is 0 Å². The molecule has 9 heteroatoms. The van der Waals surface area contributed by atoms with Crippen LogP contribution in [0.15, 0.2) is 52.4 Å². The molecule has 2 aromatic carbocycles. The Morgan fingerprint density at radius 1 is 1.16 bits per heavy atom. The number of nitrogens with two attached hydrogens (primary N) is 1. The van der Waals surface area contributed by atoms with Gasteiger partial charge >= 0.3 is 0 Å². The summed E-state index contributed by atoms with van der Waals surface area (Å²) in [5, 5.41) is 3.65. The molecule has 32 heavy (non-hydrogen) atoms. The first-order chi connectivity index (χ1) is 15.3. The molecule has 0 bridgehead atoms. The third-order valence-electron chi connectivity index (χ3n) is 4.94. The zero-order valence-electron chi connectivity index (χ0n) is 17.8. The van der Waals surface area contributed by atoms with Gasteiger partial charge in [-0.2, -0.15) is 0 Å². The van der Waals surface area contributed by atoms with Crippen LogP contribution in [-0.4, -0.2) is 27.1 Å². The SMILES string of the molecule is Cc1ccc(F)cc1NC(=O)CSc1nc2ccccc2c(=O)n1CCCCCC(N)=O. The minimum atomic E-state index is -0.431. The first kappa shape index (κ1) is 23.5. The molecule has 0 aliphatic carbocycles. The molecule has 0 spiro atoms. The number of hydrogen-bond acceptors (Lipinski definition) is 5. The molecule has 3 N–H and O–H groups in total. The molecule has 0 atom stereocenters. The van der Waals surface area contributed by atoms with Gasteiger partial charge in [-0.05, 0) is 49.6 Å². The number of anilines is 1. The molecule has 1 aromatic heterocycles. The summed E-state index contributed by atoms with van der Waals surface area (Å²) >= 11 is 1.15. The van der Waals surface area contributed by atoms with E-state index < -0.39 is 5.82 Å². The van der Waals surface area contributed by atoms with E-state index in [4.69, 9.17) is 5.73 Å². The molecule has 0 fully saturated rings. The van der Waals surface area contributed by atoms with Crippen LogP contribution in [0.3, 0.4) is 0 Å². The maximum absolute atomic E-state index is 13.5. The van der Waals surface area contributed by atoms with E-state index in [0.717, 1.165) is 23.7 Å². The van der Waals surface area contributed by atoms with Crippen LogP contribution in [0.4, 0.5) is 10.1 Å². The van der Waals surface area contributed by atoms with E-state index in [1.54, 1.807) is 41.8 Å². The number of rotatable bonds is 10. The van der Waals surface area contributed by atoms with Crippen molar-refractivity contribution < 1.29 is 14.0 Å². The number of hydrogen-bond donors (Lipinski definition) is 2. The fourth-order valence-electron chi connectivity index (χ4n) is 3.25. The number of halogens is 1. The van der Waals surface area contributed by atoms with Gasteiger partial charge in [0.05, 0.1) is 16.7 Å². The van der Waals surface area contributed by atoms with Crippen molar-refractivity contribution in [1.82, 2.24) is 9.55 Å². The molecule has 2 amide bonds. The fraction of sp³-hybridized carbons (Fsp3) is 0.304. The first-order valence-electron chi connectivity index (χ1n) is 10.3. The zero-order valence-corrected chi connectivity index (χ0v) is 18.6. The number of para-hydroxylation sites is 1. The molecule has 3 aromatic rings. The van der Waals surface area contributed by atoms with Gasteiger partial charge < -0.3 is 11.1 Å². The average molecular weight is 457 g/mol. The Hall–Kier alpha value is -3.20. The smallest absolute Gasteiger partial charge is 0.262 e. The Labute approximate surface area is 189 Å². The summed E-state index contributed by atoms with van der Waals surface area (Å²) in [6.45, 7) is 2.20. The number of unbranched alkanes of at least 4 members (excludes halogenated alkanes) is 2. The van der Waals surface area contributed by atoms with Crippen molar-refractivity contribution in [3.8, 4) is 0 Å². The molecule has 0 aliphatic rings. The quantitative estimate of drug-likeness (QED) is 0.275. The van der Waals surface area contributed by atoms with Gasteiger partial charge in [0.2, 0.25) is 11.8 Å². The van der Waals surface area contributed by atoms with Crippen molar-refractivity contribution >= 4 is 40.2 Å². The highest BCUT2D eigenvalue weighted by Crippen LogP contribution is 2.20. The van der Waals surface area contributed by atoms with Crippen molar-refractivity contribution in [3.63, 3.8) is 0 Å². The van der Waals surface area contributed by atoms with Gasteiger partial charge in [0.15, 0.2) is 5.16 Å². The van der Waals surface area contributed by atoms with Crippen molar-refractivity contribution in [2.24, 2.45) is 5.73 Å². The van der Waals surface area contributed by atoms with Crippen LogP contribution in [0.1, 0.15) is 31.2 Å². The molecule has 7 nitrogen and oxygen atoms in total. The Kier molecular flexibility index (Phi) is 7.99. The Bertz CT molecular complexity index is 1200. The third-order valence-corrected chi connectivity index (χ3v) is 5.91. The van der Waals surface area contributed by atoms with Crippen molar-refractivity contribution in [2.75, 3.05) is 11.1 Å². The molecular weight excluding hydrogens is 431 g/mol. The predicted octanol–water partition coefficient (Wildman–Crippen LogP) is 3.62. The third kappa shape index (κ3) is 6.16. The normalized spacial score (nSPS) is 10.9. The molecule has 0 saturated heterocycles. The number of primary amides is 1. The van der Waals surface area contributed by atoms with E-state index in [2.05, 4.69) is 10.3 Å². The van der Waals surface area contributed by atoms with Gasteiger partial charge in [0.1, 0.15) is 5.82 Å². The Balaban J connectivity index is 1.75. The largest absolute Gasteiger partial charge is 0.370 e. The van der Waals surface area contributed by atoms with Crippen LogP contribution < -0.4 is 16.6 Å². The lowest BCUT2D eigenvalue weighted by molar-refractivity contribution is -0.118. The fourth-order valence-corrected chi connectivity index (χ4v) is 4.07. The standard InChI is InChI=1S/C23H25FN4O3S/c1-15-10-11-16(24)13-19(15)26-21(30)14-32-23-27-18-8-5-4-7-17(18)22(31)28(23)12-6-2-3-9-20(25)29/h4-5,7-8,10-11,13H,2-3,6,9,12,14H2,1H3,(H2,25,29)(H,26,30). The predicted molar refractivity (Wildman–Crippen MR) is 124 cm³/mol. The number of nitrogens with zero attached hydrogens (tertiary/aromatic N) is 2. The Morgan fingerprint density at radius 3 is 2.72 bits per heavy atom. The van der Waals surface area contributed by atoms with Gasteiger partial charge in [-0.1, -0.05) is 36.4 Å². The van der Waals surface area contributed by atoms with E-state index in [1.165, 1.54) is 12.1 Å². The lowest BCUT2D eigenvalue weighted by atomic mass is 10.2. The van der Waals surface area contributed by atoms with E-state index in [0.29, 0.717) is 47.6 Å². The topological polar surface area (TPSA) is 107 Å². The number of nitrogens with one attached hydrogen (secondary N) is 1. The summed E-state index contributed by atoms with van der Waals surface area (Å²) in [5.41, 5.74) is 6.72. The van der Waals surface area contributed by atoms with Crippen LogP contribution in [-0.2, 0) is 16.1 Å². The molecular formula is C23H25FN4O3S. The van der Waals surface area contributed by atoms with Crippen LogP contribution >= 0.6 is 11.8 Å². The van der Waals surface area contributed by atoms with Gasteiger partial charge in [-0.25, -0.2) is 9.37 Å². The summed E-state index contributed by atoms with van der Waals surface area (Å²) in [6.07, 6.45) is 2.39. The Morgan fingerprint density at radius 2 is 1.94 bits per heavy atom. The number of benzene rings is 2. The van der Waals surface area contributed by atoms with Gasteiger partial charge in [0, 0.05) is 18.7 Å². The summed E-state index contributed by atoms with van der Waals surface area (Å²) in [5.74, 6) is -1.08. The van der Waals surface area contributed by atoms with Crippen molar-refractivity contribution in [1.29, 1.82) is 0 Å². The van der Waals surface area contributed by atoms with E-state index in [-0.39, 0.29) is 23.1 Å². The molecule has 168 valence electrons. The second-order valence-corrected chi connectivity index (χ2v) is 8.38. The zero-order chi connectivity index (χ0) is 23.1. The highest BCUT2D eigenvalue weighted by Gasteiger charge is 2.14. The van der Waals surface area contributed by atoms with E-state index in [1.807, 2.05) is 0 Å². The van der Waals surface area contributed by atoms with Gasteiger partial charge in [-0.15, -0.1) is 0 Å². The molecule has 3 rings (SSSR count). The number of thioether (sulfide) groups is 1.